The number of sulfonamides is 1. The van der Waals surface area contributed by atoms with Gasteiger partial charge >= 0.3 is 0 Å². The van der Waals surface area contributed by atoms with Crippen LogP contribution < -0.4 is 9.64 Å². The number of benzene rings is 3. The molecule has 2 fully saturated rings. The van der Waals surface area contributed by atoms with Crippen LogP contribution in [0.15, 0.2) is 72.8 Å². The number of hydrogen-bond donors (Lipinski definition) is 0. The first kappa shape index (κ1) is 25.0. The van der Waals surface area contributed by atoms with Gasteiger partial charge in [-0.25, -0.2) is 12.8 Å². The summed E-state index contributed by atoms with van der Waals surface area (Å²) in [7, 11) is -1.95. The molecule has 0 spiro atoms. The zero-order valence-electron chi connectivity index (χ0n) is 19.8. The maximum absolute atomic E-state index is 14.2. The monoisotopic (exact) mass is 531 g/mol. The Labute approximate surface area is 215 Å². The Kier molecular flexibility index (Phi) is 7.18. The first-order chi connectivity index (χ1) is 17.3. The minimum Gasteiger partial charge on any atom is -0.457 e. The van der Waals surface area contributed by atoms with Gasteiger partial charge in [-0.2, -0.15) is 9.37 Å². The van der Waals surface area contributed by atoms with Crippen molar-refractivity contribution in [3.8, 4) is 11.5 Å². The zero-order valence-corrected chi connectivity index (χ0v) is 21.3. The van der Waals surface area contributed by atoms with Gasteiger partial charge in [0.1, 0.15) is 22.6 Å². The molecule has 0 unspecified atom stereocenters. The fourth-order valence-electron chi connectivity index (χ4n) is 4.75. The minimum absolute atomic E-state index is 0.0549. The molecule has 36 heavy (non-hydrogen) atoms. The number of anilines is 1. The van der Waals surface area contributed by atoms with Crippen LogP contribution in [0.4, 0.5) is 10.1 Å². The summed E-state index contributed by atoms with van der Waals surface area (Å²) >= 11 is 5.96. The molecule has 0 aromatic heterocycles. The lowest BCUT2D eigenvalue weighted by Crippen LogP contribution is -2.52. The SMILES string of the molecule is CN1OC[C@H](S(=O)(=O)N2CCN(c3ccccc3F)CC2)[C@@H]1c1cccc(Oc2ccc(Cl)cc2)c1. The fraction of sp³-hybridized carbons (Fsp3) is 0.308. The second kappa shape index (κ2) is 10.4. The molecule has 2 aliphatic rings. The van der Waals surface area contributed by atoms with Gasteiger partial charge in [0.2, 0.25) is 10.0 Å². The summed E-state index contributed by atoms with van der Waals surface area (Å²) in [5, 5.41) is 1.43. The third-order valence-corrected chi connectivity index (χ3v) is 9.11. The first-order valence-corrected chi connectivity index (χ1v) is 13.6. The van der Waals surface area contributed by atoms with Gasteiger partial charge in [-0.3, -0.25) is 4.84 Å². The van der Waals surface area contributed by atoms with Crippen molar-refractivity contribution in [2.24, 2.45) is 0 Å². The number of rotatable bonds is 6. The smallest absolute Gasteiger partial charge is 0.221 e. The van der Waals surface area contributed by atoms with Crippen LogP contribution >= 0.6 is 11.6 Å². The molecule has 2 atom stereocenters. The van der Waals surface area contributed by atoms with Crippen LogP contribution in [0.25, 0.3) is 0 Å². The van der Waals surface area contributed by atoms with Gasteiger partial charge in [-0.1, -0.05) is 35.9 Å². The van der Waals surface area contributed by atoms with E-state index in [-0.39, 0.29) is 25.5 Å². The van der Waals surface area contributed by atoms with Gasteiger partial charge in [0.05, 0.1) is 18.3 Å². The van der Waals surface area contributed by atoms with E-state index in [0.717, 1.165) is 5.56 Å². The predicted molar refractivity (Wildman–Crippen MR) is 137 cm³/mol. The average molecular weight is 532 g/mol. The molecule has 3 aromatic carbocycles. The molecule has 3 aromatic rings. The Morgan fingerprint density at radius 1 is 0.944 bits per heavy atom. The third-order valence-electron chi connectivity index (χ3n) is 6.61. The molecule has 0 N–H and O–H groups in total. The van der Waals surface area contributed by atoms with E-state index >= 15 is 0 Å². The number of halogens is 2. The second-order valence-corrected chi connectivity index (χ2v) is 11.4. The molecule has 2 saturated heterocycles. The van der Waals surface area contributed by atoms with Crippen LogP contribution in [0.5, 0.6) is 11.5 Å². The molecule has 0 amide bonds. The Morgan fingerprint density at radius 3 is 2.39 bits per heavy atom. The molecule has 7 nitrogen and oxygen atoms in total. The third kappa shape index (κ3) is 5.07. The number of piperazine rings is 1. The fourth-order valence-corrected chi connectivity index (χ4v) is 6.82. The molecular weight excluding hydrogens is 505 g/mol. The Morgan fingerprint density at radius 2 is 1.67 bits per heavy atom. The van der Waals surface area contributed by atoms with Crippen LogP contribution in [0, 0.1) is 5.82 Å². The van der Waals surface area contributed by atoms with E-state index in [1.807, 2.05) is 29.2 Å². The van der Waals surface area contributed by atoms with Crippen molar-refractivity contribution in [2.45, 2.75) is 11.3 Å². The van der Waals surface area contributed by atoms with E-state index in [0.29, 0.717) is 35.3 Å². The van der Waals surface area contributed by atoms with Crippen molar-refractivity contribution in [1.82, 2.24) is 9.37 Å². The lowest BCUT2D eigenvalue weighted by atomic mass is 10.0. The van der Waals surface area contributed by atoms with E-state index in [4.69, 9.17) is 21.2 Å². The van der Waals surface area contributed by atoms with Gasteiger partial charge in [0, 0.05) is 38.2 Å². The summed E-state index contributed by atoms with van der Waals surface area (Å²) in [6, 6.07) is 20.5. The zero-order chi connectivity index (χ0) is 25.3. The Bertz CT molecular complexity index is 1320. The highest BCUT2D eigenvalue weighted by Crippen LogP contribution is 2.37. The summed E-state index contributed by atoms with van der Waals surface area (Å²) in [5.74, 6) is 0.912. The Balaban J connectivity index is 1.32. The van der Waals surface area contributed by atoms with Crippen LogP contribution in [0.1, 0.15) is 11.6 Å². The van der Waals surface area contributed by atoms with Gasteiger partial charge < -0.3 is 9.64 Å². The summed E-state index contributed by atoms with van der Waals surface area (Å²) in [6.45, 7) is 1.45. The van der Waals surface area contributed by atoms with Crippen LogP contribution in [0.3, 0.4) is 0 Å². The molecule has 10 heteroatoms. The van der Waals surface area contributed by atoms with E-state index in [1.54, 1.807) is 54.6 Å². The molecule has 5 rings (SSSR count). The number of ether oxygens (including phenoxy) is 1. The normalized spacial score (nSPS) is 21.6. The maximum Gasteiger partial charge on any atom is 0.221 e. The topological polar surface area (TPSA) is 62.3 Å². The molecule has 2 heterocycles. The first-order valence-electron chi connectivity index (χ1n) is 11.7. The van der Waals surface area contributed by atoms with E-state index < -0.39 is 21.3 Å². The van der Waals surface area contributed by atoms with Gasteiger partial charge in [-0.05, 0) is 54.1 Å². The molecule has 190 valence electrons. The van der Waals surface area contributed by atoms with Crippen molar-refractivity contribution in [1.29, 1.82) is 0 Å². The highest BCUT2D eigenvalue weighted by atomic mass is 35.5. The molecule has 2 aliphatic heterocycles. The summed E-state index contributed by atoms with van der Waals surface area (Å²) in [6.07, 6.45) is 0. The van der Waals surface area contributed by atoms with Crippen LogP contribution in [-0.2, 0) is 14.9 Å². The molecule has 0 bridgehead atoms. The van der Waals surface area contributed by atoms with Gasteiger partial charge in [-0.15, -0.1) is 0 Å². The molecule has 0 aliphatic carbocycles. The van der Waals surface area contributed by atoms with Gasteiger partial charge in [0.25, 0.3) is 0 Å². The number of hydroxylamine groups is 2. The quantitative estimate of drug-likeness (QED) is 0.459. The summed E-state index contributed by atoms with van der Waals surface area (Å²) < 4.78 is 49.1. The van der Waals surface area contributed by atoms with E-state index in [1.165, 1.54) is 10.4 Å². The van der Waals surface area contributed by atoms with Crippen molar-refractivity contribution in [2.75, 3.05) is 44.7 Å². The standard InChI is InChI=1S/C26H27ClFN3O4S/c1-29-26(19-5-4-6-22(17-19)35-21-11-9-20(27)10-12-21)25(18-34-29)36(32,33)31-15-13-30(14-16-31)24-8-3-2-7-23(24)28/h2-12,17,25-26H,13-16,18H2,1H3/t25-,26-/m0/s1. The van der Waals surface area contributed by atoms with Gasteiger partial charge in [0.15, 0.2) is 0 Å². The van der Waals surface area contributed by atoms with Crippen LogP contribution in [-0.4, -0.2) is 62.9 Å². The number of nitrogens with zero attached hydrogens (tertiary/aromatic N) is 3. The van der Waals surface area contributed by atoms with Crippen molar-refractivity contribution in [3.63, 3.8) is 0 Å². The van der Waals surface area contributed by atoms with E-state index in [2.05, 4.69) is 0 Å². The largest absolute Gasteiger partial charge is 0.457 e. The summed E-state index contributed by atoms with van der Waals surface area (Å²) in [4.78, 5) is 7.58. The van der Waals surface area contributed by atoms with Crippen molar-refractivity contribution < 1.29 is 22.4 Å². The molecule has 0 saturated carbocycles. The van der Waals surface area contributed by atoms with E-state index in [9.17, 15) is 12.8 Å². The highest BCUT2D eigenvalue weighted by Gasteiger charge is 2.46. The van der Waals surface area contributed by atoms with Crippen LogP contribution in [0.2, 0.25) is 5.02 Å². The minimum atomic E-state index is -3.69. The lowest BCUT2D eigenvalue weighted by Gasteiger charge is -2.37. The highest BCUT2D eigenvalue weighted by molar-refractivity contribution is 7.89. The molecule has 0 radical (unpaired) electrons. The van der Waals surface area contributed by atoms with Crippen molar-refractivity contribution >= 4 is 27.3 Å². The predicted octanol–water partition coefficient (Wildman–Crippen LogP) is 4.71. The average Bonchev–Trinajstić information content (AvgIpc) is 3.28. The maximum atomic E-state index is 14.2. The summed E-state index contributed by atoms with van der Waals surface area (Å²) in [5.41, 5.74) is 1.27. The second-order valence-electron chi connectivity index (χ2n) is 8.84. The Hall–Kier alpha value is -2.69. The number of hydrogen-bond acceptors (Lipinski definition) is 6. The molecular formula is C26H27ClFN3O4S. The van der Waals surface area contributed by atoms with Crippen molar-refractivity contribution in [3.05, 3.63) is 89.2 Å². The number of para-hydroxylation sites is 1. The lowest BCUT2D eigenvalue weighted by molar-refractivity contribution is -0.110.